The molecule has 7 heteroatoms. The van der Waals surface area contributed by atoms with Crippen molar-refractivity contribution in [3.8, 4) is 0 Å². The Balaban J connectivity index is 1.76. The van der Waals surface area contributed by atoms with Gasteiger partial charge in [0.05, 0.1) is 12.7 Å². The number of benzene rings is 1. The Morgan fingerprint density at radius 2 is 1.92 bits per heavy atom. The molecule has 2 rings (SSSR count). The van der Waals surface area contributed by atoms with E-state index in [1.807, 2.05) is 0 Å². The van der Waals surface area contributed by atoms with E-state index in [0.717, 1.165) is 0 Å². The van der Waals surface area contributed by atoms with Gasteiger partial charge >= 0.3 is 5.97 Å². The second-order valence-corrected chi connectivity index (χ2v) is 5.42. The molecule has 2 aromatic rings. The molecule has 126 valence electrons. The quantitative estimate of drug-likeness (QED) is 0.613. The average molecular weight is 350 g/mol. The lowest BCUT2D eigenvalue weighted by molar-refractivity contribution is -0.146. The van der Waals surface area contributed by atoms with Crippen LogP contribution in [0.1, 0.15) is 34.3 Å². The van der Waals surface area contributed by atoms with Gasteiger partial charge in [-0.1, -0.05) is 11.6 Å². The third-order valence-corrected chi connectivity index (χ3v) is 3.42. The summed E-state index contributed by atoms with van der Waals surface area (Å²) in [6.45, 7) is 1.58. The number of nitrogens with one attached hydrogen (secondary N) is 1. The van der Waals surface area contributed by atoms with Gasteiger partial charge in [-0.25, -0.2) is 0 Å². The van der Waals surface area contributed by atoms with Crippen LogP contribution in [0.25, 0.3) is 0 Å². The Morgan fingerprint density at radius 1 is 1.21 bits per heavy atom. The molecule has 0 saturated carbocycles. The van der Waals surface area contributed by atoms with Gasteiger partial charge in [0.25, 0.3) is 5.91 Å². The molecule has 1 atom stereocenters. The third kappa shape index (κ3) is 4.96. The highest BCUT2D eigenvalue weighted by molar-refractivity contribution is 6.30. The van der Waals surface area contributed by atoms with Crippen LogP contribution in [0, 0.1) is 0 Å². The fraction of sp³-hybridized carbons (Fsp3) is 0.235. The lowest BCUT2D eigenvalue weighted by Gasteiger charge is -2.12. The Labute approximate surface area is 143 Å². The molecular weight excluding hydrogens is 334 g/mol. The van der Waals surface area contributed by atoms with Crippen molar-refractivity contribution in [2.75, 3.05) is 6.54 Å². The SMILES string of the molecule is CC(OC(=O)CCNC(=O)c1ccco1)C(=O)c1ccc(Cl)cc1. The summed E-state index contributed by atoms with van der Waals surface area (Å²) < 4.78 is 10.00. The van der Waals surface area contributed by atoms with Crippen LogP contribution < -0.4 is 5.32 Å². The van der Waals surface area contributed by atoms with E-state index >= 15 is 0 Å². The molecule has 0 radical (unpaired) electrons. The van der Waals surface area contributed by atoms with E-state index < -0.39 is 18.0 Å². The fourth-order valence-electron chi connectivity index (χ4n) is 1.93. The number of hydrogen-bond donors (Lipinski definition) is 1. The summed E-state index contributed by atoms with van der Waals surface area (Å²) in [6, 6.07) is 9.42. The Hall–Kier alpha value is -2.60. The lowest BCUT2D eigenvalue weighted by Crippen LogP contribution is -2.29. The van der Waals surface area contributed by atoms with Crippen molar-refractivity contribution in [1.29, 1.82) is 0 Å². The van der Waals surface area contributed by atoms with Gasteiger partial charge in [0, 0.05) is 17.1 Å². The number of rotatable bonds is 7. The molecular formula is C17H16ClNO5. The molecule has 1 aromatic carbocycles. The topological polar surface area (TPSA) is 85.6 Å². The second kappa shape index (κ2) is 8.31. The van der Waals surface area contributed by atoms with Crippen molar-refractivity contribution in [2.24, 2.45) is 0 Å². The fourth-order valence-corrected chi connectivity index (χ4v) is 2.06. The van der Waals surface area contributed by atoms with Gasteiger partial charge in [0.15, 0.2) is 11.9 Å². The van der Waals surface area contributed by atoms with Gasteiger partial charge in [-0.3, -0.25) is 14.4 Å². The van der Waals surface area contributed by atoms with Gasteiger partial charge in [-0.2, -0.15) is 0 Å². The highest BCUT2D eigenvalue weighted by atomic mass is 35.5. The zero-order chi connectivity index (χ0) is 17.5. The summed E-state index contributed by atoms with van der Waals surface area (Å²) in [4.78, 5) is 35.5. The van der Waals surface area contributed by atoms with Crippen LogP contribution in [0.2, 0.25) is 5.02 Å². The summed E-state index contributed by atoms with van der Waals surface area (Å²) in [5, 5.41) is 3.04. The van der Waals surface area contributed by atoms with E-state index in [1.165, 1.54) is 19.3 Å². The molecule has 24 heavy (non-hydrogen) atoms. The van der Waals surface area contributed by atoms with Crippen molar-refractivity contribution in [2.45, 2.75) is 19.4 Å². The highest BCUT2D eigenvalue weighted by Crippen LogP contribution is 2.12. The van der Waals surface area contributed by atoms with E-state index in [0.29, 0.717) is 10.6 Å². The molecule has 0 fully saturated rings. The number of furan rings is 1. The molecule has 1 N–H and O–H groups in total. The first-order valence-electron chi connectivity index (χ1n) is 7.28. The van der Waals surface area contributed by atoms with E-state index in [9.17, 15) is 14.4 Å². The van der Waals surface area contributed by atoms with Crippen LogP contribution in [-0.4, -0.2) is 30.3 Å². The number of ether oxygens (including phenoxy) is 1. The molecule has 6 nitrogen and oxygen atoms in total. The maximum atomic E-state index is 12.1. The Kier molecular flexibility index (Phi) is 6.14. The average Bonchev–Trinajstić information content (AvgIpc) is 3.09. The second-order valence-electron chi connectivity index (χ2n) is 4.99. The number of Topliss-reactive ketones (excluding diaryl/α,β-unsaturated/α-hetero) is 1. The minimum absolute atomic E-state index is 0.0509. The minimum Gasteiger partial charge on any atom is -0.459 e. The molecule has 1 unspecified atom stereocenters. The largest absolute Gasteiger partial charge is 0.459 e. The van der Waals surface area contributed by atoms with Gasteiger partial charge in [-0.15, -0.1) is 0 Å². The molecule has 0 aliphatic carbocycles. The number of carbonyl (C=O) groups is 3. The van der Waals surface area contributed by atoms with Crippen molar-refractivity contribution in [3.05, 3.63) is 59.0 Å². The Morgan fingerprint density at radius 3 is 2.54 bits per heavy atom. The van der Waals surface area contributed by atoms with Crippen molar-refractivity contribution >= 4 is 29.3 Å². The molecule has 0 aliphatic rings. The minimum atomic E-state index is -0.917. The smallest absolute Gasteiger partial charge is 0.308 e. The maximum absolute atomic E-state index is 12.1. The number of amides is 1. The predicted molar refractivity (Wildman–Crippen MR) is 87.0 cm³/mol. The van der Waals surface area contributed by atoms with Crippen molar-refractivity contribution in [3.63, 3.8) is 0 Å². The number of hydrogen-bond acceptors (Lipinski definition) is 5. The van der Waals surface area contributed by atoms with Crippen LogP contribution in [-0.2, 0) is 9.53 Å². The molecule has 1 aromatic heterocycles. The number of esters is 1. The molecule has 0 saturated heterocycles. The van der Waals surface area contributed by atoms with Gasteiger partial charge in [0.1, 0.15) is 0 Å². The number of halogens is 1. The van der Waals surface area contributed by atoms with Crippen LogP contribution in [0.4, 0.5) is 0 Å². The molecule has 1 heterocycles. The summed E-state index contributed by atoms with van der Waals surface area (Å²) in [7, 11) is 0. The first-order chi connectivity index (χ1) is 11.5. The Bertz CT molecular complexity index is 709. The van der Waals surface area contributed by atoms with Crippen LogP contribution in [0.5, 0.6) is 0 Å². The standard InChI is InChI=1S/C17H16ClNO5/c1-11(16(21)12-4-6-13(18)7-5-12)24-15(20)8-9-19-17(22)14-3-2-10-23-14/h2-7,10-11H,8-9H2,1H3,(H,19,22). The zero-order valence-corrected chi connectivity index (χ0v) is 13.7. The summed E-state index contributed by atoms with van der Waals surface area (Å²) in [6.07, 6.45) is 0.414. The molecule has 0 aliphatic heterocycles. The van der Waals surface area contributed by atoms with E-state index in [4.69, 9.17) is 20.8 Å². The molecule has 0 bridgehead atoms. The lowest BCUT2D eigenvalue weighted by atomic mass is 10.1. The van der Waals surface area contributed by atoms with E-state index in [-0.39, 0.29) is 24.5 Å². The van der Waals surface area contributed by atoms with Crippen molar-refractivity contribution in [1.82, 2.24) is 5.32 Å². The van der Waals surface area contributed by atoms with Crippen LogP contribution in [0.3, 0.4) is 0 Å². The van der Waals surface area contributed by atoms with Crippen molar-refractivity contribution < 1.29 is 23.5 Å². The molecule has 1 amide bonds. The third-order valence-electron chi connectivity index (χ3n) is 3.17. The summed E-state index contributed by atoms with van der Waals surface area (Å²) >= 11 is 5.76. The highest BCUT2D eigenvalue weighted by Gasteiger charge is 2.19. The first-order valence-corrected chi connectivity index (χ1v) is 7.66. The van der Waals surface area contributed by atoms with Gasteiger partial charge in [-0.05, 0) is 43.3 Å². The molecule has 0 spiro atoms. The first kappa shape index (κ1) is 17.7. The number of ketones is 1. The normalized spacial score (nSPS) is 11.6. The van der Waals surface area contributed by atoms with Crippen LogP contribution >= 0.6 is 11.6 Å². The summed E-state index contributed by atoms with van der Waals surface area (Å²) in [5.41, 5.74) is 0.408. The predicted octanol–water partition coefficient (Wildman–Crippen LogP) is 2.87. The monoisotopic (exact) mass is 349 g/mol. The van der Waals surface area contributed by atoms with E-state index in [2.05, 4.69) is 5.32 Å². The zero-order valence-electron chi connectivity index (χ0n) is 13.0. The summed E-state index contributed by atoms with van der Waals surface area (Å²) in [5.74, 6) is -1.16. The maximum Gasteiger partial charge on any atom is 0.308 e. The van der Waals surface area contributed by atoms with Crippen LogP contribution in [0.15, 0.2) is 47.1 Å². The van der Waals surface area contributed by atoms with Gasteiger partial charge < -0.3 is 14.5 Å². The number of carbonyl (C=O) groups excluding carboxylic acids is 3. The van der Waals surface area contributed by atoms with Gasteiger partial charge in [0.2, 0.25) is 5.78 Å². The van der Waals surface area contributed by atoms with E-state index in [1.54, 1.807) is 30.3 Å².